The van der Waals surface area contributed by atoms with Crippen molar-refractivity contribution in [1.29, 1.82) is 0 Å². The number of rotatable bonds is 10. The summed E-state index contributed by atoms with van der Waals surface area (Å²) < 4.78 is 39.4. The molecule has 0 aromatic carbocycles. The zero-order valence-electron chi connectivity index (χ0n) is 12.8. The van der Waals surface area contributed by atoms with E-state index in [-0.39, 0.29) is 42.8 Å². The topological polar surface area (TPSA) is 107 Å². The van der Waals surface area contributed by atoms with Crippen LogP contribution in [-0.2, 0) is 29.2 Å². The van der Waals surface area contributed by atoms with Crippen LogP contribution < -0.4 is 0 Å². The monoisotopic (exact) mass is 348 g/mol. The first-order valence-corrected chi connectivity index (χ1v) is 8.43. The van der Waals surface area contributed by atoms with Gasteiger partial charge in [0.05, 0.1) is 19.6 Å². The summed E-state index contributed by atoms with van der Waals surface area (Å²) in [6.07, 6.45) is 1.99. The Labute approximate surface area is 154 Å². The molecular weight excluding hydrogens is 323 g/mol. The Morgan fingerprint density at radius 3 is 1.91 bits per heavy atom. The zero-order chi connectivity index (χ0) is 16.5. The quantitative estimate of drug-likeness (QED) is 0.272. The molecule has 0 aliphatic carbocycles. The molecule has 0 aliphatic heterocycles. The summed E-state index contributed by atoms with van der Waals surface area (Å²) in [6, 6.07) is 0. The van der Waals surface area contributed by atoms with Crippen molar-refractivity contribution in [2.45, 2.75) is 57.6 Å². The third kappa shape index (κ3) is 7.92. The van der Waals surface area contributed by atoms with Crippen LogP contribution in [-0.4, -0.2) is 72.4 Å². The Balaban J connectivity index is 0. The molecule has 0 aliphatic rings. The van der Waals surface area contributed by atoms with Gasteiger partial charge >= 0.3 is 41.5 Å². The summed E-state index contributed by atoms with van der Waals surface area (Å²) in [5.41, 5.74) is 0. The molecule has 0 radical (unpaired) electrons. The van der Waals surface area contributed by atoms with Crippen molar-refractivity contribution in [3.63, 3.8) is 0 Å². The molecular formula is C13H25NaO7S. The van der Waals surface area contributed by atoms with Crippen LogP contribution >= 0.6 is 0 Å². The average molecular weight is 348 g/mol. The number of unbranched alkanes of at least 4 members (excludes halogenated alkanes) is 2. The number of esters is 2. The summed E-state index contributed by atoms with van der Waals surface area (Å²) in [5.74, 6) is -2.01. The van der Waals surface area contributed by atoms with Gasteiger partial charge in [-0.05, 0) is 19.8 Å². The van der Waals surface area contributed by atoms with E-state index in [1.807, 2.05) is 13.8 Å². The third-order valence-corrected chi connectivity index (χ3v) is 4.42. The Morgan fingerprint density at radius 1 is 1.05 bits per heavy atom. The number of carbonyl (C=O) groups is 2. The molecule has 0 bridgehead atoms. The van der Waals surface area contributed by atoms with Crippen LogP contribution in [0.25, 0.3) is 0 Å². The first-order valence-electron chi connectivity index (χ1n) is 6.99. The molecule has 0 aromatic rings. The van der Waals surface area contributed by atoms with Crippen LogP contribution in [0.2, 0.25) is 0 Å². The molecule has 1 N–H and O–H groups in total. The van der Waals surface area contributed by atoms with Gasteiger partial charge in [0.2, 0.25) is 4.75 Å². The van der Waals surface area contributed by atoms with Gasteiger partial charge < -0.3 is 9.47 Å². The van der Waals surface area contributed by atoms with Crippen LogP contribution in [0.3, 0.4) is 0 Å². The predicted molar refractivity (Wildman–Crippen MR) is 83.5 cm³/mol. The molecule has 1 atom stereocenters. The molecule has 0 aromatic heterocycles. The van der Waals surface area contributed by atoms with Crippen molar-refractivity contribution >= 4 is 51.6 Å². The summed E-state index contributed by atoms with van der Waals surface area (Å²) in [7, 11) is -4.80. The van der Waals surface area contributed by atoms with Gasteiger partial charge in [-0.25, -0.2) is 0 Å². The van der Waals surface area contributed by atoms with Gasteiger partial charge in [-0.2, -0.15) is 8.42 Å². The fourth-order valence-electron chi connectivity index (χ4n) is 1.39. The second-order valence-corrected chi connectivity index (χ2v) is 6.80. The van der Waals surface area contributed by atoms with E-state index in [9.17, 15) is 22.6 Å². The molecule has 0 heterocycles. The molecule has 126 valence electrons. The molecule has 7 nitrogen and oxygen atoms in total. The fourth-order valence-corrected chi connectivity index (χ4v) is 1.96. The van der Waals surface area contributed by atoms with Crippen LogP contribution in [0.5, 0.6) is 0 Å². The molecule has 1 unspecified atom stereocenters. The second kappa shape index (κ2) is 11.4. The molecule has 9 heteroatoms. The van der Waals surface area contributed by atoms with Gasteiger partial charge in [0.25, 0.3) is 10.1 Å². The Morgan fingerprint density at radius 2 is 1.50 bits per heavy atom. The van der Waals surface area contributed by atoms with E-state index in [1.165, 1.54) is 0 Å². The minimum absolute atomic E-state index is 0. The van der Waals surface area contributed by atoms with E-state index in [4.69, 9.17) is 9.47 Å². The molecule has 22 heavy (non-hydrogen) atoms. The Hall–Kier alpha value is -0.150. The van der Waals surface area contributed by atoms with Gasteiger partial charge in [0.1, 0.15) is 0 Å². The summed E-state index contributed by atoms with van der Waals surface area (Å²) >= 11 is 0. The van der Waals surface area contributed by atoms with Crippen molar-refractivity contribution in [1.82, 2.24) is 0 Å². The van der Waals surface area contributed by atoms with E-state index < -0.39 is 33.2 Å². The summed E-state index contributed by atoms with van der Waals surface area (Å²) in [4.78, 5) is 23.5. The van der Waals surface area contributed by atoms with Crippen molar-refractivity contribution in [2.24, 2.45) is 0 Å². The van der Waals surface area contributed by atoms with Crippen LogP contribution in [0, 0.1) is 0 Å². The van der Waals surface area contributed by atoms with Gasteiger partial charge in [-0.3, -0.25) is 14.1 Å². The van der Waals surface area contributed by atoms with E-state index in [0.717, 1.165) is 19.8 Å². The van der Waals surface area contributed by atoms with E-state index in [2.05, 4.69) is 0 Å². The zero-order valence-corrected chi connectivity index (χ0v) is 13.6. The van der Waals surface area contributed by atoms with Crippen LogP contribution in [0.1, 0.15) is 52.9 Å². The fraction of sp³-hybridized carbons (Fsp3) is 0.846. The average Bonchev–Trinajstić information content (AvgIpc) is 2.37. The van der Waals surface area contributed by atoms with E-state index in [0.29, 0.717) is 12.8 Å². The third-order valence-electron chi connectivity index (χ3n) is 2.97. The van der Waals surface area contributed by atoms with Gasteiger partial charge in [-0.1, -0.05) is 26.7 Å². The Kier molecular flexibility index (Phi) is 12.5. The molecule has 0 saturated heterocycles. The first kappa shape index (κ1) is 24.1. The summed E-state index contributed by atoms with van der Waals surface area (Å²) in [5, 5.41) is 0. The molecule has 0 rings (SSSR count). The number of hydrogen-bond donors (Lipinski definition) is 1. The minimum atomic E-state index is -4.80. The van der Waals surface area contributed by atoms with Crippen molar-refractivity contribution in [3.8, 4) is 0 Å². The summed E-state index contributed by atoms with van der Waals surface area (Å²) in [6.45, 7) is 4.91. The molecule has 0 spiro atoms. The maximum absolute atomic E-state index is 11.9. The molecule has 0 amide bonds. The van der Waals surface area contributed by atoms with E-state index >= 15 is 0 Å². The number of hydrogen-bond acceptors (Lipinski definition) is 6. The van der Waals surface area contributed by atoms with Gasteiger partial charge in [-0.15, -0.1) is 0 Å². The normalized spacial score (nSPS) is 13.6. The second-order valence-electron chi connectivity index (χ2n) is 4.95. The van der Waals surface area contributed by atoms with Crippen molar-refractivity contribution in [2.75, 3.05) is 13.2 Å². The van der Waals surface area contributed by atoms with Crippen molar-refractivity contribution < 1.29 is 32.0 Å². The van der Waals surface area contributed by atoms with Gasteiger partial charge in [0, 0.05) is 0 Å². The van der Waals surface area contributed by atoms with E-state index in [1.54, 1.807) is 0 Å². The number of carbonyl (C=O) groups excluding carboxylic acids is 2. The van der Waals surface area contributed by atoms with Gasteiger partial charge in [0.15, 0.2) is 0 Å². The number of ether oxygens (including phenoxy) is 2. The van der Waals surface area contributed by atoms with Crippen LogP contribution in [0.4, 0.5) is 0 Å². The predicted octanol–water partition coefficient (Wildman–Crippen LogP) is 1.06. The SMILES string of the molecule is CCCCOC(=O)CC(C)(C(=O)OCCCC)S(=O)(=O)O.[NaH]. The van der Waals surface area contributed by atoms with Crippen LogP contribution in [0.15, 0.2) is 0 Å². The van der Waals surface area contributed by atoms with Crippen molar-refractivity contribution in [3.05, 3.63) is 0 Å². The molecule has 0 fully saturated rings. The Bertz CT molecular complexity index is 449. The first-order chi connectivity index (χ1) is 9.69. The standard InChI is InChI=1S/C13H24O7S.Na.H/c1-4-6-8-19-11(14)10-13(3,21(16,17)18)12(15)20-9-7-5-2;;/h4-10H2,1-3H3,(H,16,17,18);;. The maximum atomic E-state index is 11.9. The molecule has 0 saturated carbocycles.